The molecule has 4 nitrogen and oxygen atoms in total. The summed E-state index contributed by atoms with van der Waals surface area (Å²) in [5.41, 5.74) is 5.79. The molecule has 112 valence electrons. The first-order chi connectivity index (χ1) is 10.9. The lowest BCUT2D eigenvalue weighted by Gasteiger charge is -2.18. The Morgan fingerprint density at radius 2 is 2.05 bits per heavy atom. The molecule has 0 radical (unpaired) electrons. The average Bonchev–Trinajstić information content (AvgIpc) is 3.24. The molecule has 0 bridgehead atoms. The van der Waals surface area contributed by atoms with Crippen LogP contribution in [0.4, 0.5) is 11.4 Å². The number of pyridine rings is 1. The van der Waals surface area contributed by atoms with Crippen molar-refractivity contribution in [2.45, 2.75) is 12.8 Å². The first kappa shape index (κ1) is 13.2. The monoisotopic (exact) mass is 292 g/mol. The Hall–Kier alpha value is -2.49. The van der Waals surface area contributed by atoms with Gasteiger partial charge in [0.05, 0.1) is 0 Å². The standard InChI is InChI=1S/C18H20N4/c1-19-16-7-8-20-18-17(16)15(12-21-18)13-5-4-6-14(11-13)22-9-2-3-10-22/h4-8,11-12H,2-3,9-10H2,1H3,(H2,19,20,21). The molecule has 1 aliphatic heterocycles. The van der Waals surface area contributed by atoms with E-state index in [0.29, 0.717) is 0 Å². The van der Waals surface area contributed by atoms with Crippen LogP contribution < -0.4 is 10.2 Å². The fraction of sp³-hybridized carbons (Fsp3) is 0.278. The fourth-order valence-corrected chi connectivity index (χ4v) is 3.34. The molecule has 1 aromatic carbocycles. The molecule has 1 fully saturated rings. The van der Waals surface area contributed by atoms with Crippen molar-refractivity contribution < 1.29 is 0 Å². The number of benzene rings is 1. The molecule has 22 heavy (non-hydrogen) atoms. The van der Waals surface area contributed by atoms with Crippen molar-refractivity contribution in [1.82, 2.24) is 9.97 Å². The summed E-state index contributed by atoms with van der Waals surface area (Å²) in [6.45, 7) is 2.33. The maximum Gasteiger partial charge on any atom is 0.139 e. The number of nitrogens with one attached hydrogen (secondary N) is 2. The molecule has 0 unspecified atom stereocenters. The lowest BCUT2D eigenvalue weighted by Crippen LogP contribution is -2.17. The van der Waals surface area contributed by atoms with E-state index in [1.165, 1.54) is 42.7 Å². The molecule has 1 saturated heterocycles. The number of anilines is 2. The third kappa shape index (κ3) is 2.11. The molecule has 0 saturated carbocycles. The van der Waals surface area contributed by atoms with Crippen LogP contribution in [-0.4, -0.2) is 30.1 Å². The first-order valence-electron chi connectivity index (χ1n) is 7.86. The predicted octanol–water partition coefficient (Wildman–Crippen LogP) is 3.87. The molecule has 0 amide bonds. The van der Waals surface area contributed by atoms with Gasteiger partial charge in [0, 0.05) is 54.9 Å². The number of hydrogen-bond donors (Lipinski definition) is 2. The van der Waals surface area contributed by atoms with Crippen LogP contribution in [0.5, 0.6) is 0 Å². The van der Waals surface area contributed by atoms with Gasteiger partial charge in [-0.05, 0) is 36.6 Å². The van der Waals surface area contributed by atoms with Crippen LogP contribution in [0.15, 0.2) is 42.7 Å². The maximum absolute atomic E-state index is 4.43. The smallest absolute Gasteiger partial charge is 0.139 e. The van der Waals surface area contributed by atoms with E-state index in [4.69, 9.17) is 0 Å². The molecule has 2 aromatic heterocycles. The molecule has 1 aliphatic rings. The van der Waals surface area contributed by atoms with E-state index in [9.17, 15) is 0 Å². The summed E-state index contributed by atoms with van der Waals surface area (Å²) in [6.07, 6.45) is 6.48. The first-order valence-corrected chi connectivity index (χ1v) is 7.86. The Labute approximate surface area is 130 Å². The Bertz CT molecular complexity index is 800. The minimum absolute atomic E-state index is 0.924. The number of H-pyrrole nitrogens is 1. The van der Waals surface area contributed by atoms with Gasteiger partial charge in [0.2, 0.25) is 0 Å². The van der Waals surface area contributed by atoms with Crippen LogP contribution in [0.1, 0.15) is 12.8 Å². The SMILES string of the molecule is CNc1ccnc2[nH]cc(-c3cccc(N4CCCC4)c3)c12. The number of nitrogens with zero attached hydrogens (tertiary/aromatic N) is 2. The quantitative estimate of drug-likeness (QED) is 0.770. The number of aromatic amines is 1. The van der Waals surface area contributed by atoms with Crippen molar-refractivity contribution in [3.05, 3.63) is 42.7 Å². The van der Waals surface area contributed by atoms with E-state index in [1.807, 2.05) is 19.3 Å². The minimum Gasteiger partial charge on any atom is -0.387 e. The van der Waals surface area contributed by atoms with Crippen molar-refractivity contribution in [3.8, 4) is 11.1 Å². The molecular weight excluding hydrogens is 272 g/mol. The second kappa shape index (κ2) is 5.37. The zero-order valence-electron chi connectivity index (χ0n) is 12.8. The van der Waals surface area contributed by atoms with E-state index in [2.05, 4.69) is 50.6 Å². The molecule has 2 N–H and O–H groups in total. The number of rotatable bonds is 3. The van der Waals surface area contributed by atoms with Crippen LogP contribution >= 0.6 is 0 Å². The third-order valence-electron chi connectivity index (χ3n) is 4.47. The van der Waals surface area contributed by atoms with Crippen molar-refractivity contribution >= 4 is 22.4 Å². The molecule has 0 atom stereocenters. The summed E-state index contributed by atoms with van der Waals surface area (Å²) in [6, 6.07) is 10.8. The minimum atomic E-state index is 0.924. The van der Waals surface area contributed by atoms with Gasteiger partial charge in [-0.25, -0.2) is 4.98 Å². The number of fused-ring (bicyclic) bond motifs is 1. The van der Waals surface area contributed by atoms with Gasteiger partial charge in [0.25, 0.3) is 0 Å². The van der Waals surface area contributed by atoms with Crippen molar-refractivity contribution in [2.75, 3.05) is 30.4 Å². The Kier molecular flexibility index (Phi) is 3.22. The maximum atomic E-state index is 4.43. The molecule has 4 rings (SSSR count). The number of aromatic nitrogens is 2. The van der Waals surface area contributed by atoms with Gasteiger partial charge in [0.15, 0.2) is 0 Å². The summed E-state index contributed by atoms with van der Waals surface area (Å²) in [7, 11) is 1.95. The molecule has 0 aliphatic carbocycles. The Morgan fingerprint density at radius 3 is 2.86 bits per heavy atom. The van der Waals surface area contributed by atoms with Crippen molar-refractivity contribution in [1.29, 1.82) is 0 Å². The summed E-state index contributed by atoms with van der Waals surface area (Å²) in [4.78, 5) is 10.2. The van der Waals surface area contributed by atoms with Gasteiger partial charge in [0.1, 0.15) is 5.65 Å². The van der Waals surface area contributed by atoms with E-state index in [0.717, 1.165) is 16.7 Å². The highest BCUT2D eigenvalue weighted by atomic mass is 15.1. The predicted molar refractivity (Wildman–Crippen MR) is 92.5 cm³/mol. The topological polar surface area (TPSA) is 44.0 Å². The average molecular weight is 292 g/mol. The van der Waals surface area contributed by atoms with Crippen molar-refractivity contribution in [3.63, 3.8) is 0 Å². The Balaban J connectivity index is 1.83. The molecule has 4 heteroatoms. The van der Waals surface area contributed by atoms with Crippen LogP contribution in [-0.2, 0) is 0 Å². The zero-order valence-corrected chi connectivity index (χ0v) is 12.8. The fourth-order valence-electron chi connectivity index (χ4n) is 3.34. The van der Waals surface area contributed by atoms with Crippen LogP contribution in [0.3, 0.4) is 0 Å². The summed E-state index contributed by atoms with van der Waals surface area (Å²) in [5, 5.41) is 4.42. The highest BCUT2D eigenvalue weighted by molar-refractivity contribution is 6.02. The summed E-state index contributed by atoms with van der Waals surface area (Å²) in [5.74, 6) is 0. The third-order valence-corrected chi connectivity index (χ3v) is 4.47. The molecule has 0 spiro atoms. The summed E-state index contributed by atoms with van der Waals surface area (Å²) < 4.78 is 0. The zero-order chi connectivity index (χ0) is 14.9. The van der Waals surface area contributed by atoms with Crippen LogP contribution in [0, 0.1) is 0 Å². The normalized spacial score (nSPS) is 14.7. The number of hydrogen-bond acceptors (Lipinski definition) is 3. The summed E-state index contributed by atoms with van der Waals surface area (Å²) >= 11 is 0. The van der Waals surface area contributed by atoms with Gasteiger partial charge in [-0.3, -0.25) is 0 Å². The van der Waals surface area contributed by atoms with Gasteiger partial charge in [-0.1, -0.05) is 12.1 Å². The van der Waals surface area contributed by atoms with Gasteiger partial charge >= 0.3 is 0 Å². The lowest BCUT2D eigenvalue weighted by atomic mass is 10.0. The van der Waals surface area contributed by atoms with Crippen LogP contribution in [0.25, 0.3) is 22.2 Å². The highest BCUT2D eigenvalue weighted by Crippen LogP contribution is 2.34. The molecular formula is C18H20N4. The van der Waals surface area contributed by atoms with Gasteiger partial charge < -0.3 is 15.2 Å². The van der Waals surface area contributed by atoms with E-state index in [1.54, 1.807) is 0 Å². The van der Waals surface area contributed by atoms with Gasteiger partial charge in [-0.2, -0.15) is 0 Å². The van der Waals surface area contributed by atoms with Gasteiger partial charge in [-0.15, -0.1) is 0 Å². The highest BCUT2D eigenvalue weighted by Gasteiger charge is 2.15. The van der Waals surface area contributed by atoms with E-state index in [-0.39, 0.29) is 0 Å². The van der Waals surface area contributed by atoms with Crippen LogP contribution in [0.2, 0.25) is 0 Å². The van der Waals surface area contributed by atoms with E-state index >= 15 is 0 Å². The lowest BCUT2D eigenvalue weighted by molar-refractivity contribution is 0.949. The van der Waals surface area contributed by atoms with E-state index < -0.39 is 0 Å². The second-order valence-corrected chi connectivity index (χ2v) is 5.78. The molecule has 3 heterocycles. The van der Waals surface area contributed by atoms with Crippen molar-refractivity contribution in [2.24, 2.45) is 0 Å². The molecule has 3 aromatic rings. The largest absolute Gasteiger partial charge is 0.387 e. The second-order valence-electron chi connectivity index (χ2n) is 5.78. The Morgan fingerprint density at radius 1 is 1.18 bits per heavy atom.